The van der Waals surface area contributed by atoms with Gasteiger partial charge in [0.05, 0.1) is 6.54 Å². The highest BCUT2D eigenvalue weighted by Crippen LogP contribution is 2.08. The molecule has 2 N–H and O–H groups in total. The van der Waals surface area contributed by atoms with Crippen molar-refractivity contribution in [3.63, 3.8) is 0 Å². The van der Waals surface area contributed by atoms with E-state index in [-0.39, 0.29) is 0 Å². The smallest absolute Gasteiger partial charge is 0.191 e. The van der Waals surface area contributed by atoms with Gasteiger partial charge in [-0.25, -0.2) is 4.99 Å². The maximum absolute atomic E-state index is 4.70. The van der Waals surface area contributed by atoms with Crippen LogP contribution in [-0.2, 0) is 19.6 Å². The summed E-state index contributed by atoms with van der Waals surface area (Å²) in [6.45, 7) is 13.0. The lowest BCUT2D eigenvalue weighted by atomic mass is 10.1. The Labute approximate surface area is 158 Å². The second-order valence-corrected chi connectivity index (χ2v) is 6.32. The zero-order chi connectivity index (χ0) is 18.6. The molecule has 26 heavy (non-hydrogen) atoms. The van der Waals surface area contributed by atoms with Gasteiger partial charge in [0.25, 0.3) is 0 Å². The number of nitrogens with zero attached hydrogens (tertiary/aromatic N) is 3. The maximum Gasteiger partial charge on any atom is 0.191 e. The third-order valence-electron chi connectivity index (χ3n) is 4.42. The number of hydrogen-bond acceptors (Lipinski definition) is 2. The molecule has 0 saturated carbocycles. The number of aliphatic imine (C=N–C) groups is 1. The summed E-state index contributed by atoms with van der Waals surface area (Å²) in [4.78, 5) is 7.12. The minimum atomic E-state index is 0.685. The Kier molecular flexibility index (Phi) is 8.76. The van der Waals surface area contributed by atoms with Crippen molar-refractivity contribution in [2.24, 2.45) is 4.99 Å². The van der Waals surface area contributed by atoms with Crippen molar-refractivity contribution in [3.8, 4) is 0 Å². The zero-order valence-corrected chi connectivity index (χ0v) is 16.4. The fourth-order valence-electron chi connectivity index (χ4n) is 2.79. The predicted molar refractivity (Wildman–Crippen MR) is 110 cm³/mol. The van der Waals surface area contributed by atoms with Crippen molar-refractivity contribution >= 4 is 5.96 Å². The molecule has 0 radical (unpaired) electrons. The fraction of sp³-hybridized carbons (Fsp3) is 0.476. The lowest BCUT2D eigenvalue weighted by Gasteiger charge is -2.18. The molecule has 0 atom stereocenters. The number of benzene rings is 1. The van der Waals surface area contributed by atoms with Gasteiger partial charge in [0.1, 0.15) is 0 Å². The topological polar surface area (TPSA) is 44.6 Å². The van der Waals surface area contributed by atoms with E-state index < -0.39 is 0 Å². The van der Waals surface area contributed by atoms with Crippen LogP contribution in [0.25, 0.3) is 0 Å². The van der Waals surface area contributed by atoms with Gasteiger partial charge < -0.3 is 15.2 Å². The van der Waals surface area contributed by atoms with E-state index in [1.54, 1.807) is 0 Å². The predicted octanol–water partition coefficient (Wildman–Crippen LogP) is 3.09. The quantitative estimate of drug-likeness (QED) is 0.508. The highest BCUT2D eigenvalue weighted by atomic mass is 15.2. The number of guanidine groups is 1. The minimum Gasteiger partial charge on any atom is -0.357 e. The first kappa shape index (κ1) is 20.0. The molecule has 142 valence electrons. The summed E-state index contributed by atoms with van der Waals surface area (Å²) in [6, 6.07) is 12.9. The van der Waals surface area contributed by atoms with E-state index in [1.807, 2.05) is 12.1 Å². The van der Waals surface area contributed by atoms with Crippen LogP contribution in [-0.4, -0.2) is 41.6 Å². The highest BCUT2D eigenvalue weighted by Gasteiger charge is 2.02. The molecule has 5 heteroatoms. The lowest BCUT2D eigenvalue weighted by Crippen LogP contribution is -2.38. The van der Waals surface area contributed by atoms with Crippen LogP contribution in [0, 0.1) is 0 Å². The first-order valence-electron chi connectivity index (χ1n) is 9.68. The van der Waals surface area contributed by atoms with Gasteiger partial charge in [-0.15, -0.1) is 0 Å². The summed E-state index contributed by atoms with van der Waals surface area (Å²) in [5, 5.41) is 6.70. The molecule has 0 fully saturated rings. The van der Waals surface area contributed by atoms with Gasteiger partial charge in [-0.1, -0.05) is 38.1 Å². The third-order valence-corrected chi connectivity index (χ3v) is 4.42. The first-order valence-corrected chi connectivity index (χ1v) is 9.68. The Hall–Kier alpha value is -2.27. The molecule has 0 aliphatic heterocycles. The monoisotopic (exact) mass is 355 g/mol. The molecule has 2 aromatic rings. The Balaban J connectivity index is 1.85. The maximum atomic E-state index is 4.70. The zero-order valence-electron chi connectivity index (χ0n) is 16.4. The van der Waals surface area contributed by atoms with Gasteiger partial charge in [0.2, 0.25) is 0 Å². The molecule has 0 aliphatic rings. The Morgan fingerprint density at radius 3 is 2.23 bits per heavy atom. The van der Waals surface area contributed by atoms with Crippen LogP contribution >= 0.6 is 0 Å². The Morgan fingerprint density at radius 2 is 1.62 bits per heavy atom. The summed E-state index contributed by atoms with van der Waals surface area (Å²) >= 11 is 0. The standard InChI is InChI=1S/C21H33N5/c1-4-22-21(23-13-16-26-14-7-8-15-26)24-17-19-9-11-20(12-10-19)18-25(5-2)6-3/h7-12,14-15H,4-6,13,16-18H2,1-3H3,(H2,22,23,24). The first-order chi connectivity index (χ1) is 12.7. The van der Waals surface area contributed by atoms with Crippen LogP contribution in [0.5, 0.6) is 0 Å². The molecule has 0 spiro atoms. The van der Waals surface area contributed by atoms with Crippen molar-refractivity contribution < 1.29 is 0 Å². The highest BCUT2D eigenvalue weighted by molar-refractivity contribution is 5.79. The number of nitrogens with one attached hydrogen (secondary N) is 2. The molecule has 1 heterocycles. The second-order valence-electron chi connectivity index (χ2n) is 6.32. The molecular weight excluding hydrogens is 322 g/mol. The van der Waals surface area contributed by atoms with E-state index in [0.29, 0.717) is 6.54 Å². The molecular formula is C21H33N5. The summed E-state index contributed by atoms with van der Waals surface area (Å²) in [5.41, 5.74) is 2.59. The van der Waals surface area contributed by atoms with E-state index >= 15 is 0 Å². The molecule has 1 aromatic carbocycles. The minimum absolute atomic E-state index is 0.685. The van der Waals surface area contributed by atoms with Crippen molar-refractivity contribution in [2.45, 2.75) is 40.4 Å². The summed E-state index contributed by atoms with van der Waals surface area (Å²) in [7, 11) is 0. The van der Waals surface area contributed by atoms with E-state index in [4.69, 9.17) is 4.99 Å². The van der Waals surface area contributed by atoms with E-state index in [1.165, 1.54) is 11.1 Å². The Bertz CT molecular complexity index is 627. The average molecular weight is 356 g/mol. The molecule has 5 nitrogen and oxygen atoms in total. The van der Waals surface area contributed by atoms with Crippen molar-refractivity contribution in [3.05, 3.63) is 59.9 Å². The van der Waals surface area contributed by atoms with Crippen LogP contribution in [0.4, 0.5) is 0 Å². The second kappa shape index (κ2) is 11.4. The van der Waals surface area contributed by atoms with Crippen LogP contribution in [0.2, 0.25) is 0 Å². The van der Waals surface area contributed by atoms with E-state index in [9.17, 15) is 0 Å². The van der Waals surface area contributed by atoms with Gasteiger partial charge in [-0.2, -0.15) is 0 Å². The fourth-order valence-corrected chi connectivity index (χ4v) is 2.79. The van der Waals surface area contributed by atoms with Crippen LogP contribution in [0.15, 0.2) is 53.8 Å². The van der Waals surface area contributed by atoms with Crippen molar-refractivity contribution in [1.82, 2.24) is 20.1 Å². The number of rotatable bonds is 10. The molecule has 2 rings (SSSR count). The molecule has 0 saturated heterocycles. The summed E-state index contributed by atoms with van der Waals surface area (Å²) < 4.78 is 2.16. The lowest BCUT2D eigenvalue weighted by molar-refractivity contribution is 0.296. The van der Waals surface area contributed by atoms with Crippen LogP contribution < -0.4 is 10.6 Å². The van der Waals surface area contributed by atoms with Crippen LogP contribution in [0.1, 0.15) is 31.9 Å². The third kappa shape index (κ3) is 6.92. The largest absolute Gasteiger partial charge is 0.357 e. The Morgan fingerprint density at radius 1 is 0.962 bits per heavy atom. The molecule has 1 aromatic heterocycles. The van der Waals surface area contributed by atoms with Gasteiger partial charge in [0.15, 0.2) is 5.96 Å². The normalized spacial score (nSPS) is 11.8. The number of hydrogen-bond donors (Lipinski definition) is 2. The molecule has 0 bridgehead atoms. The van der Waals surface area contributed by atoms with Crippen molar-refractivity contribution in [1.29, 1.82) is 0 Å². The molecule has 0 amide bonds. The molecule has 0 unspecified atom stereocenters. The van der Waals surface area contributed by atoms with E-state index in [0.717, 1.165) is 45.2 Å². The number of aromatic nitrogens is 1. The van der Waals surface area contributed by atoms with Gasteiger partial charge in [-0.3, -0.25) is 4.90 Å². The van der Waals surface area contributed by atoms with Crippen molar-refractivity contribution in [2.75, 3.05) is 26.2 Å². The van der Waals surface area contributed by atoms with Gasteiger partial charge >= 0.3 is 0 Å². The average Bonchev–Trinajstić information content (AvgIpc) is 3.18. The summed E-state index contributed by atoms with van der Waals surface area (Å²) in [6.07, 6.45) is 4.15. The van der Waals surface area contributed by atoms with Gasteiger partial charge in [0, 0.05) is 38.6 Å². The SMILES string of the molecule is CCNC(=NCc1ccc(CN(CC)CC)cc1)NCCn1cccc1. The van der Waals surface area contributed by atoms with Gasteiger partial charge in [-0.05, 0) is 43.3 Å². The molecule has 0 aliphatic carbocycles. The van der Waals surface area contributed by atoms with Crippen LogP contribution in [0.3, 0.4) is 0 Å². The summed E-state index contributed by atoms with van der Waals surface area (Å²) in [5.74, 6) is 0.867. The van der Waals surface area contributed by atoms with E-state index in [2.05, 4.69) is 77.5 Å².